The maximum Gasteiger partial charge on any atom is 0.337 e. The van der Waals surface area contributed by atoms with Crippen LogP contribution in [0, 0.1) is 13.8 Å². The predicted octanol–water partition coefficient (Wildman–Crippen LogP) is 1.85. The topological polar surface area (TPSA) is 48.0 Å². The van der Waals surface area contributed by atoms with Crippen LogP contribution < -0.4 is 5.63 Å². The van der Waals surface area contributed by atoms with Gasteiger partial charge in [-0.2, -0.15) is 0 Å². The van der Waals surface area contributed by atoms with Gasteiger partial charge in [0.2, 0.25) is 5.71 Å². The highest BCUT2D eigenvalue weighted by Crippen LogP contribution is 2.19. The van der Waals surface area contributed by atoms with Crippen molar-refractivity contribution in [1.82, 2.24) is 9.78 Å². The molecule has 0 radical (unpaired) electrons. The minimum atomic E-state index is -0.365. The normalized spacial score (nSPS) is 11.1. The van der Waals surface area contributed by atoms with Gasteiger partial charge >= 0.3 is 5.63 Å². The van der Waals surface area contributed by atoms with E-state index in [9.17, 15) is 4.79 Å². The molecule has 0 aliphatic heterocycles. The molecule has 80 valence electrons. The Morgan fingerprint density at radius 2 is 2.27 bits per heavy atom. The molecule has 0 aliphatic rings. The van der Waals surface area contributed by atoms with Crippen LogP contribution in [0.25, 0.3) is 11.1 Å². The van der Waals surface area contributed by atoms with E-state index in [-0.39, 0.29) is 5.63 Å². The van der Waals surface area contributed by atoms with Gasteiger partial charge in [-0.25, -0.2) is 4.79 Å². The summed E-state index contributed by atoms with van der Waals surface area (Å²) in [6.07, 6.45) is 0. The van der Waals surface area contributed by atoms with E-state index in [1.165, 1.54) is 6.07 Å². The van der Waals surface area contributed by atoms with Crippen LogP contribution in [-0.2, 0) is 6.54 Å². The fourth-order valence-electron chi connectivity index (χ4n) is 1.72. The Morgan fingerprint density at radius 3 is 2.93 bits per heavy atom. The minimum absolute atomic E-state index is 0.365. The van der Waals surface area contributed by atoms with E-state index in [1.807, 2.05) is 13.8 Å². The van der Waals surface area contributed by atoms with Crippen molar-refractivity contribution in [2.45, 2.75) is 20.4 Å². The van der Waals surface area contributed by atoms with Crippen molar-refractivity contribution in [2.75, 3.05) is 5.88 Å². The molecule has 0 aliphatic carbocycles. The number of hydrogen-bond acceptors (Lipinski definition) is 3. The fraction of sp³-hybridized carbons (Fsp3) is 0.400. The number of aryl methyl sites for hydroxylation is 3. The first-order chi connectivity index (χ1) is 7.13. The van der Waals surface area contributed by atoms with Crippen molar-refractivity contribution in [3.8, 4) is 0 Å². The summed E-state index contributed by atoms with van der Waals surface area (Å²) >= 11 is 5.65. The summed E-state index contributed by atoms with van der Waals surface area (Å²) in [6.45, 7) is 4.43. The molecule has 5 heteroatoms. The molecule has 2 aromatic heterocycles. The van der Waals surface area contributed by atoms with E-state index in [0.717, 1.165) is 16.6 Å². The number of fused-ring (bicyclic) bond motifs is 1. The molecule has 0 fully saturated rings. The predicted molar refractivity (Wildman–Crippen MR) is 58.5 cm³/mol. The SMILES string of the molecule is Cc1cc(=O)oc2nn(CCCl)c(C)c12. The van der Waals surface area contributed by atoms with E-state index >= 15 is 0 Å². The van der Waals surface area contributed by atoms with E-state index in [4.69, 9.17) is 16.0 Å². The molecule has 2 rings (SSSR count). The third-order valence-electron chi connectivity index (χ3n) is 2.40. The zero-order valence-electron chi connectivity index (χ0n) is 8.58. The molecule has 0 amide bonds. The number of hydrogen-bond donors (Lipinski definition) is 0. The minimum Gasteiger partial charge on any atom is -0.402 e. The number of aromatic nitrogens is 2. The molecule has 4 nitrogen and oxygen atoms in total. The van der Waals surface area contributed by atoms with Gasteiger partial charge < -0.3 is 4.42 Å². The van der Waals surface area contributed by atoms with Gasteiger partial charge in [-0.1, -0.05) is 0 Å². The summed E-state index contributed by atoms with van der Waals surface area (Å²) < 4.78 is 6.78. The first-order valence-corrected chi connectivity index (χ1v) is 5.20. The van der Waals surface area contributed by atoms with E-state index in [0.29, 0.717) is 18.1 Å². The van der Waals surface area contributed by atoms with Crippen molar-refractivity contribution < 1.29 is 4.42 Å². The lowest BCUT2D eigenvalue weighted by Gasteiger charge is -1.99. The summed E-state index contributed by atoms with van der Waals surface area (Å²) in [5.41, 5.74) is 1.89. The maximum atomic E-state index is 11.1. The molecule has 0 atom stereocenters. The highest BCUT2D eigenvalue weighted by molar-refractivity contribution is 6.17. The van der Waals surface area contributed by atoms with Crippen LogP contribution in [0.4, 0.5) is 0 Å². The maximum absolute atomic E-state index is 11.1. The lowest BCUT2D eigenvalue weighted by molar-refractivity contribution is 0.532. The van der Waals surface area contributed by atoms with E-state index in [1.54, 1.807) is 4.68 Å². The van der Waals surface area contributed by atoms with Crippen molar-refractivity contribution in [2.24, 2.45) is 0 Å². The Bertz CT molecular complexity index is 556. The zero-order chi connectivity index (χ0) is 11.0. The molecular weight excluding hydrogens is 216 g/mol. The first kappa shape index (κ1) is 10.2. The standard InChI is InChI=1S/C10H11ClN2O2/c1-6-5-8(14)15-10-9(6)7(2)13(12-10)4-3-11/h5H,3-4H2,1-2H3. The van der Waals surface area contributed by atoms with Gasteiger partial charge in [0.25, 0.3) is 0 Å². The highest BCUT2D eigenvalue weighted by Gasteiger charge is 2.11. The second kappa shape index (κ2) is 3.70. The second-order valence-electron chi connectivity index (χ2n) is 3.43. The van der Waals surface area contributed by atoms with Crippen LogP contribution >= 0.6 is 11.6 Å². The Hall–Kier alpha value is -1.29. The van der Waals surface area contributed by atoms with Crippen molar-refractivity contribution in [3.63, 3.8) is 0 Å². The number of halogens is 1. The van der Waals surface area contributed by atoms with Crippen LogP contribution in [0.1, 0.15) is 11.3 Å². The van der Waals surface area contributed by atoms with Crippen molar-refractivity contribution in [3.05, 3.63) is 27.7 Å². The largest absolute Gasteiger partial charge is 0.402 e. The summed E-state index contributed by atoms with van der Waals surface area (Å²) in [6, 6.07) is 1.47. The van der Waals surface area contributed by atoms with Gasteiger partial charge in [0.15, 0.2) is 0 Å². The van der Waals surface area contributed by atoms with Gasteiger partial charge in [0.1, 0.15) is 0 Å². The van der Waals surface area contributed by atoms with Crippen LogP contribution in [-0.4, -0.2) is 15.7 Å². The Balaban J connectivity index is 2.76. The molecule has 0 aromatic carbocycles. The third-order valence-corrected chi connectivity index (χ3v) is 2.57. The Labute approximate surface area is 91.4 Å². The molecule has 0 spiro atoms. The summed E-state index contributed by atoms with van der Waals surface area (Å²) in [4.78, 5) is 11.1. The average molecular weight is 227 g/mol. The van der Waals surface area contributed by atoms with Gasteiger partial charge in [-0.15, -0.1) is 16.7 Å². The zero-order valence-corrected chi connectivity index (χ0v) is 9.34. The monoisotopic (exact) mass is 226 g/mol. The Kier molecular flexibility index (Phi) is 2.52. The molecule has 0 saturated heterocycles. The highest BCUT2D eigenvalue weighted by atomic mass is 35.5. The second-order valence-corrected chi connectivity index (χ2v) is 3.80. The van der Waals surface area contributed by atoms with E-state index < -0.39 is 0 Å². The molecule has 2 aromatic rings. The van der Waals surface area contributed by atoms with Crippen molar-refractivity contribution >= 4 is 22.7 Å². The lowest BCUT2D eigenvalue weighted by Crippen LogP contribution is -2.02. The quantitative estimate of drug-likeness (QED) is 0.735. The molecule has 15 heavy (non-hydrogen) atoms. The van der Waals surface area contributed by atoms with Crippen LogP contribution in [0.5, 0.6) is 0 Å². The third kappa shape index (κ3) is 1.65. The summed E-state index contributed by atoms with van der Waals surface area (Å²) in [7, 11) is 0. The summed E-state index contributed by atoms with van der Waals surface area (Å²) in [5.74, 6) is 0.484. The van der Waals surface area contributed by atoms with E-state index in [2.05, 4.69) is 5.10 Å². The van der Waals surface area contributed by atoms with Gasteiger partial charge in [-0.3, -0.25) is 4.68 Å². The molecule has 0 saturated carbocycles. The first-order valence-electron chi connectivity index (χ1n) is 4.67. The van der Waals surface area contributed by atoms with Crippen LogP contribution in [0.3, 0.4) is 0 Å². The molecule has 0 N–H and O–H groups in total. The van der Waals surface area contributed by atoms with Crippen LogP contribution in [0.15, 0.2) is 15.3 Å². The van der Waals surface area contributed by atoms with Crippen molar-refractivity contribution in [1.29, 1.82) is 0 Å². The number of rotatable bonds is 2. The smallest absolute Gasteiger partial charge is 0.337 e. The molecule has 2 heterocycles. The molecule has 0 unspecified atom stereocenters. The van der Waals surface area contributed by atoms with Gasteiger partial charge in [0.05, 0.1) is 11.9 Å². The summed E-state index contributed by atoms with van der Waals surface area (Å²) in [5, 5.41) is 5.09. The van der Waals surface area contributed by atoms with Gasteiger partial charge in [0, 0.05) is 17.6 Å². The average Bonchev–Trinajstić information content (AvgIpc) is 2.43. The van der Waals surface area contributed by atoms with Gasteiger partial charge in [-0.05, 0) is 19.4 Å². The molecular formula is C10H11ClN2O2. The lowest BCUT2D eigenvalue weighted by atomic mass is 10.2. The molecule has 0 bridgehead atoms. The number of nitrogens with zero attached hydrogens (tertiary/aromatic N) is 2. The Morgan fingerprint density at radius 1 is 1.53 bits per heavy atom. The van der Waals surface area contributed by atoms with Crippen LogP contribution in [0.2, 0.25) is 0 Å². The fourth-order valence-corrected chi connectivity index (χ4v) is 1.88. The number of alkyl halides is 1.